The Kier molecular flexibility index (Phi) is 6.79. The van der Waals surface area contributed by atoms with Gasteiger partial charge in [-0.15, -0.1) is 0 Å². The lowest BCUT2D eigenvalue weighted by Crippen LogP contribution is -2.56. The van der Waals surface area contributed by atoms with Gasteiger partial charge < -0.3 is 5.73 Å². The number of nitrogens with zero attached hydrogens (tertiary/aromatic N) is 1. The summed E-state index contributed by atoms with van der Waals surface area (Å²) >= 11 is 0. The van der Waals surface area contributed by atoms with E-state index >= 15 is 0 Å². The van der Waals surface area contributed by atoms with Gasteiger partial charge in [-0.3, -0.25) is 4.90 Å². The van der Waals surface area contributed by atoms with Gasteiger partial charge in [0, 0.05) is 18.5 Å². The summed E-state index contributed by atoms with van der Waals surface area (Å²) < 4.78 is 37.0. The van der Waals surface area contributed by atoms with Gasteiger partial charge in [0.25, 0.3) is 0 Å². The lowest BCUT2D eigenvalue weighted by Gasteiger charge is -2.47. The van der Waals surface area contributed by atoms with Crippen molar-refractivity contribution in [2.24, 2.45) is 11.7 Å². The van der Waals surface area contributed by atoms with Crippen molar-refractivity contribution in [3.8, 4) is 0 Å². The molecule has 0 atom stereocenters. The quantitative estimate of drug-likeness (QED) is 0.770. The van der Waals surface area contributed by atoms with Crippen molar-refractivity contribution in [2.45, 2.75) is 70.5 Å². The number of alkyl halides is 3. The molecule has 1 aliphatic rings. The summed E-state index contributed by atoms with van der Waals surface area (Å²) in [5.74, 6) is 0.716. The minimum absolute atomic E-state index is 0.0614. The number of nitrogens with two attached hydrogens (primary N) is 1. The maximum atomic E-state index is 12.3. The number of rotatable bonds is 7. The first-order chi connectivity index (χ1) is 9.33. The molecule has 1 fully saturated rings. The largest absolute Gasteiger partial charge is 0.389 e. The average molecular weight is 294 g/mol. The van der Waals surface area contributed by atoms with Crippen molar-refractivity contribution in [2.75, 3.05) is 19.6 Å². The molecule has 20 heavy (non-hydrogen) atoms. The molecule has 0 bridgehead atoms. The molecular weight excluding hydrogens is 265 g/mol. The van der Waals surface area contributed by atoms with Crippen molar-refractivity contribution >= 4 is 0 Å². The molecule has 5 heteroatoms. The second kappa shape index (κ2) is 7.64. The third kappa shape index (κ3) is 5.24. The number of halogens is 3. The van der Waals surface area contributed by atoms with Gasteiger partial charge in [0.1, 0.15) is 0 Å². The van der Waals surface area contributed by atoms with Crippen LogP contribution in [0.3, 0.4) is 0 Å². The van der Waals surface area contributed by atoms with Crippen LogP contribution in [0.1, 0.15) is 58.8 Å². The van der Waals surface area contributed by atoms with Gasteiger partial charge in [-0.25, -0.2) is 0 Å². The fraction of sp³-hybridized carbons (Fsp3) is 1.00. The van der Waals surface area contributed by atoms with E-state index in [-0.39, 0.29) is 12.0 Å². The monoisotopic (exact) mass is 294 g/mol. The molecule has 0 heterocycles. The van der Waals surface area contributed by atoms with Crippen LogP contribution >= 0.6 is 0 Å². The Morgan fingerprint density at radius 2 is 1.80 bits per heavy atom. The molecule has 0 spiro atoms. The molecule has 2 N–H and O–H groups in total. The summed E-state index contributed by atoms with van der Waals surface area (Å²) in [6.45, 7) is 6.24. The van der Waals surface area contributed by atoms with E-state index in [0.717, 1.165) is 38.6 Å². The first kappa shape index (κ1) is 17.8. The second-order valence-corrected chi connectivity index (χ2v) is 6.32. The van der Waals surface area contributed by atoms with Crippen LogP contribution in [0.15, 0.2) is 0 Å². The van der Waals surface area contributed by atoms with Gasteiger partial charge in [0.05, 0.1) is 0 Å². The maximum absolute atomic E-state index is 12.3. The maximum Gasteiger partial charge on any atom is 0.389 e. The van der Waals surface area contributed by atoms with Crippen molar-refractivity contribution < 1.29 is 13.2 Å². The number of hydrogen-bond acceptors (Lipinski definition) is 2. The molecule has 1 aliphatic carbocycles. The SMILES string of the molecule is CCCN(CCCC(F)(F)F)C1(CN)CCC(C)CC1. The zero-order chi connectivity index (χ0) is 15.2. The Balaban J connectivity index is 2.62. The van der Waals surface area contributed by atoms with Crippen molar-refractivity contribution in [3.05, 3.63) is 0 Å². The third-order valence-electron chi connectivity index (χ3n) is 4.64. The van der Waals surface area contributed by atoms with Gasteiger partial charge in [-0.2, -0.15) is 13.2 Å². The van der Waals surface area contributed by atoms with E-state index in [4.69, 9.17) is 5.73 Å². The first-order valence-electron chi connectivity index (χ1n) is 7.85. The van der Waals surface area contributed by atoms with E-state index in [2.05, 4.69) is 18.7 Å². The van der Waals surface area contributed by atoms with E-state index in [0.29, 0.717) is 19.0 Å². The molecule has 0 aromatic carbocycles. The van der Waals surface area contributed by atoms with Gasteiger partial charge >= 0.3 is 6.18 Å². The van der Waals surface area contributed by atoms with E-state index in [1.54, 1.807) is 0 Å². The zero-order valence-corrected chi connectivity index (χ0v) is 12.8. The van der Waals surface area contributed by atoms with Crippen LogP contribution in [0.5, 0.6) is 0 Å². The van der Waals surface area contributed by atoms with Crippen LogP contribution in [0.25, 0.3) is 0 Å². The predicted octanol–water partition coefficient (Wildman–Crippen LogP) is 3.95. The first-order valence-corrected chi connectivity index (χ1v) is 7.85. The molecule has 1 rings (SSSR count). The summed E-state index contributed by atoms with van der Waals surface area (Å²) in [5.41, 5.74) is 5.95. The highest BCUT2D eigenvalue weighted by molar-refractivity contribution is 4.95. The predicted molar refractivity (Wildman–Crippen MR) is 76.6 cm³/mol. The molecule has 0 aliphatic heterocycles. The highest BCUT2D eigenvalue weighted by Gasteiger charge is 2.38. The summed E-state index contributed by atoms with van der Waals surface area (Å²) in [6.07, 6.45) is 0.726. The van der Waals surface area contributed by atoms with E-state index in [9.17, 15) is 13.2 Å². The van der Waals surface area contributed by atoms with E-state index < -0.39 is 12.6 Å². The minimum Gasteiger partial charge on any atom is -0.329 e. The lowest BCUT2D eigenvalue weighted by molar-refractivity contribution is -0.137. The lowest BCUT2D eigenvalue weighted by atomic mass is 9.75. The Labute approximate surface area is 120 Å². The van der Waals surface area contributed by atoms with Crippen molar-refractivity contribution in [3.63, 3.8) is 0 Å². The fourth-order valence-corrected chi connectivity index (χ4v) is 3.28. The van der Waals surface area contributed by atoms with Crippen LogP contribution in [-0.2, 0) is 0 Å². The number of hydrogen-bond donors (Lipinski definition) is 1. The molecule has 1 saturated carbocycles. The fourth-order valence-electron chi connectivity index (χ4n) is 3.28. The Morgan fingerprint density at radius 3 is 2.25 bits per heavy atom. The topological polar surface area (TPSA) is 29.3 Å². The van der Waals surface area contributed by atoms with Crippen LogP contribution in [0.4, 0.5) is 13.2 Å². The van der Waals surface area contributed by atoms with Gasteiger partial charge in [-0.1, -0.05) is 13.8 Å². The molecule has 0 aromatic rings. The van der Waals surface area contributed by atoms with Crippen LogP contribution < -0.4 is 5.73 Å². The van der Waals surface area contributed by atoms with Crippen LogP contribution in [-0.4, -0.2) is 36.2 Å². The van der Waals surface area contributed by atoms with E-state index in [1.807, 2.05) is 0 Å². The highest BCUT2D eigenvalue weighted by atomic mass is 19.4. The van der Waals surface area contributed by atoms with E-state index in [1.165, 1.54) is 0 Å². The summed E-state index contributed by atoms with van der Waals surface area (Å²) in [4.78, 5) is 2.24. The van der Waals surface area contributed by atoms with Crippen molar-refractivity contribution in [1.29, 1.82) is 0 Å². The van der Waals surface area contributed by atoms with Gasteiger partial charge in [-0.05, 0) is 57.5 Å². The minimum atomic E-state index is -4.05. The van der Waals surface area contributed by atoms with Crippen LogP contribution in [0.2, 0.25) is 0 Å². The Hall–Kier alpha value is -0.290. The molecule has 0 saturated heterocycles. The standard InChI is InChI=1S/C15H29F3N2/c1-3-10-20(11-4-7-15(16,17)18)14(12-19)8-5-13(2)6-9-14/h13H,3-12,19H2,1-2H3. The Bertz CT molecular complexity index is 271. The molecule has 0 unspecified atom stereocenters. The molecule has 2 nitrogen and oxygen atoms in total. The molecule has 0 aromatic heterocycles. The molecule has 120 valence electrons. The zero-order valence-electron chi connectivity index (χ0n) is 12.8. The average Bonchev–Trinajstić information content (AvgIpc) is 2.38. The molecular formula is C15H29F3N2. The summed E-state index contributed by atoms with van der Waals surface area (Å²) in [7, 11) is 0. The second-order valence-electron chi connectivity index (χ2n) is 6.32. The van der Waals surface area contributed by atoms with Crippen LogP contribution in [0, 0.1) is 5.92 Å². The normalized spacial score (nSPS) is 28.1. The molecule has 0 radical (unpaired) electrons. The summed E-state index contributed by atoms with van der Waals surface area (Å²) in [6, 6.07) is 0. The van der Waals surface area contributed by atoms with Gasteiger partial charge in [0.2, 0.25) is 0 Å². The molecule has 0 amide bonds. The summed E-state index contributed by atoms with van der Waals surface area (Å²) in [5, 5.41) is 0. The highest BCUT2D eigenvalue weighted by Crippen LogP contribution is 2.36. The van der Waals surface area contributed by atoms with Gasteiger partial charge in [0.15, 0.2) is 0 Å². The third-order valence-corrected chi connectivity index (χ3v) is 4.64. The Morgan fingerprint density at radius 1 is 1.20 bits per heavy atom. The van der Waals surface area contributed by atoms with Crippen molar-refractivity contribution in [1.82, 2.24) is 4.90 Å². The smallest absolute Gasteiger partial charge is 0.329 e.